The van der Waals surface area contributed by atoms with Crippen LogP contribution in [0.25, 0.3) is 0 Å². The van der Waals surface area contributed by atoms with Gasteiger partial charge in [0.1, 0.15) is 0 Å². The number of aromatic nitrogens is 1. The summed E-state index contributed by atoms with van der Waals surface area (Å²) in [6.45, 7) is 8.26. The molecule has 0 fully saturated rings. The van der Waals surface area contributed by atoms with Crippen molar-refractivity contribution in [3.8, 4) is 0 Å². The molecule has 0 bridgehead atoms. The van der Waals surface area contributed by atoms with Gasteiger partial charge in [-0.2, -0.15) is 0 Å². The number of hydrogen-bond donors (Lipinski definition) is 0. The van der Waals surface area contributed by atoms with E-state index >= 15 is 0 Å². The average molecular weight is 221 g/mol. The molecule has 0 radical (unpaired) electrons. The van der Waals surface area contributed by atoms with Crippen molar-refractivity contribution in [2.75, 3.05) is 18.0 Å². The van der Waals surface area contributed by atoms with Gasteiger partial charge in [0.05, 0.1) is 6.42 Å². The number of nitrogens with zero attached hydrogens (tertiary/aromatic N) is 2. The van der Waals surface area contributed by atoms with Crippen LogP contribution in [0, 0.1) is 0 Å². The lowest BCUT2D eigenvalue weighted by Gasteiger charge is -2.19. The van der Waals surface area contributed by atoms with Gasteiger partial charge in [0.2, 0.25) is 0 Å². The summed E-state index contributed by atoms with van der Waals surface area (Å²) in [6, 6.07) is 4.00. The molecule has 1 heterocycles. The number of anilines is 1. The topological polar surface area (TPSA) is 24.2 Å². The second kappa shape index (κ2) is 6.26. The van der Waals surface area contributed by atoms with Crippen LogP contribution in [0.2, 0.25) is 0 Å². The summed E-state index contributed by atoms with van der Waals surface area (Å²) in [4.78, 5) is 13.9. The first-order valence-electron chi connectivity index (χ1n) is 6.02. The molecular formula is C13H21N2O+. The molecule has 16 heavy (non-hydrogen) atoms. The normalized spacial score (nSPS) is 10.2. The lowest BCUT2D eigenvalue weighted by atomic mass is 10.3. The van der Waals surface area contributed by atoms with Crippen molar-refractivity contribution >= 4 is 11.6 Å². The Morgan fingerprint density at radius 3 is 2.19 bits per heavy atom. The van der Waals surface area contributed by atoms with Crippen LogP contribution >= 0.6 is 0 Å². The molecule has 0 saturated heterocycles. The molecular weight excluding hydrogens is 200 g/mol. The van der Waals surface area contributed by atoms with Crippen molar-refractivity contribution in [2.45, 2.75) is 33.6 Å². The quantitative estimate of drug-likeness (QED) is 0.712. The third-order valence-corrected chi connectivity index (χ3v) is 2.69. The van der Waals surface area contributed by atoms with Crippen LogP contribution < -0.4 is 9.47 Å². The van der Waals surface area contributed by atoms with Crippen molar-refractivity contribution in [1.82, 2.24) is 0 Å². The first kappa shape index (κ1) is 12.7. The van der Waals surface area contributed by atoms with E-state index in [1.54, 1.807) is 4.57 Å². The lowest BCUT2D eigenvalue weighted by molar-refractivity contribution is -0.574. The molecule has 0 atom stereocenters. The highest BCUT2D eigenvalue weighted by atomic mass is 16.1. The van der Waals surface area contributed by atoms with E-state index in [4.69, 9.17) is 0 Å². The molecule has 88 valence electrons. The summed E-state index contributed by atoms with van der Waals surface area (Å²) >= 11 is 0. The average Bonchev–Trinajstić information content (AvgIpc) is 2.32. The number of carbonyl (C=O) groups is 1. The van der Waals surface area contributed by atoms with E-state index in [1.807, 2.05) is 31.5 Å². The predicted molar refractivity (Wildman–Crippen MR) is 65.7 cm³/mol. The Bertz CT molecular complexity index is 328. The van der Waals surface area contributed by atoms with Gasteiger partial charge in [-0.25, -0.2) is 4.79 Å². The molecule has 0 aliphatic carbocycles. The Kier molecular flexibility index (Phi) is 4.96. The van der Waals surface area contributed by atoms with Gasteiger partial charge in [0.25, 0.3) is 0 Å². The van der Waals surface area contributed by atoms with Crippen LogP contribution in [0.3, 0.4) is 0 Å². The lowest BCUT2D eigenvalue weighted by Crippen LogP contribution is -2.41. The molecule has 3 heteroatoms. The third-order valence-electron chi connectivity index (χ3n) is 2.69. The van der Waals surface area contributed by atoms with Crippen LogP contribution in [0.15, 0.2) is 24.5 Å². The molecule has 1 aromatic rings. The Morgan fingerprint density at radius 2 is 1.75 bits per heavy atom. The zero-order chi connectivity index (χ0) is 12.0. The predicted octanol–water partition coefficient (Wildman–Crippen LogP) is 2.26. The van der Waals surface area contributed by atoms with Gasteiger partial charge in [-0.15, -0.1) is 4.57 Å². The van der Waals surface area contributed by atoms with Gasteiger partial charge in [-0.1, -0.05) is 6.92 Å². The Balaban J connectivity index is 2.78. The largest absolute Gasteiger partial charge is 0.392 e. The second-order valence-corrected chi connectivity index (χ2v) is 3.78. The maximum atomic E-state index is 11.6. The van der Waals surface area contributed by atoms with Crippen LogP contribution in [0.4, 0.5) is 5.69 Å². The van der Waals surface area contributed by atoms with Crippen LogP contribution in [-0.2, 0) is 0 Å². The monoisotopic (exact) mass is 221 g/mol. The van der Waals surface area contributed by atoms with Gasteiger partial charge in [-0.3, -0.25) is 0 Å². The highest BCUT2D eigenvalue weighted by Crippen LogP contribution is 2.10. The summed E-state index contributed by atoms with van der Waals surface area (Å²) in [7, 11) is 0. The maximum Gasteiger partial charge on any atom is 0.392 e. The fourth-order valence-corrected chi connectivity index (χ4v) is 1.73. The minimum atomic E-state index is 0.161. The first-order chi connectivity index (χ1) is 7.72. The summed E-state index contributed by atoms with van der Waals surface area (Å²) in [5.74, 6) is 0.161. The molecule has 0 aliphatic rings. The third kappa shape index (κ3) is 3.05. The SMILES string of the molecule is CCCC(=O)[n+]1ccc(N(CC)CC)cc1. The van der Waals surface area contributed by atoms with Gasteiger partial charge in [0.15, 0.2) is 12.4 Å². The zero-order valence-corrected chi connectivity index (χ0v) is 10.4. The van der Waals surface area contributed by atoms with E-state index in [0.29, 0.717) is 6.42 Å². The molecule has 1 aromatic heterocycles. The second-order valence-electron chi connectivity index (χ2n) is 3.78. The standard InChI is InChI=1S/C13H21N2O/c1-4-7-13(16)15-10-8-12(9-11-15)14(5-2)6-3/h8-11H,4-7H2,1-3H3/q+1. The fourth-order valence-electron chi connectivity index (χ4n) is 1.73. The van der Waals surface area contributed by atoms with Crippen molar-refractivity contribution in [3.05, 3.63) is 24.5 Å². The molecule has 0 N–H and O–H groups in total. The molecule has 0 amide bonds. The summed E-state index contributed by atoms with van der Waals surface area (Å²) in [5.41, 5.74) is 1.17. The minimum Gasteiger partial charge on any atom is -0.372 e. The number of rotatable bonds is 5. The molecule has 3 nitrogen and oxygen atoms in total. The highest BCUT2D eigenvalue weighted by molar-refractivity contribution is 5.66. The van der Waals surface area contributed by atoms with Gasteiger partial charge < -0.3 is 4.90 Å². The van der Waals surface area contributed by atoms with Gasteiger partial charge in [-0.05, 0) is 20.3 Å². The Hall–Kier alpha value is -1.38. The van der Waals surface area contributed by atoms with Crippen molar-refractivity contribution in [3.63, 3.8) is 0 Å². The Labute approximate surface area is 97.7 Å². The number of pyridine rings is 1. The van der Waals surface area contributed by atoms with Crippen molar-refractivity contribution in [2.24, 2.45) is 0 Å². The smallest absolute Gasteiger partial charge is 0.372 e. The number of hydrogen-bond acceptors (Lipinski definition) is 2. The summed E-state index contributed by atoms with van der Waals surface area (Å²) in [6.07, 6.45) is 5.20. The number of carbonyl (C=O) groups excluding carboxylic acids is 1. The minimum absolute atomic E-state index is 0.161. The van der Waals surface area contributed by atoms with E-state index in [0.717, 1.165) is 19.5 Å². The van der Waals surface area contributed by atoms with E-state index in [9.17, 15) is 4.79 Å². The van der Waals surface area contributed by atoms with E-state index in [1.165, 1.54) is 5.69 Å². The fraction of sp³-hybridized carbons (Fsp3) is 0.538. The molecule has 0 aliphatic heterocycles. The summed E-state index contributed by atoms with van der Waals surface area (Å²) < 4.78 is 1.66. The van der Waals surface area contributed by atoms with E-state index < -0.39 is 0 Å². The Morgan fingerprint density at radius 1 is 1.19 bits per heavy atom. The zero-order valence-electron chi connectivity index (χ0n) is 10.4. The molecule has 0 unspecified atom stereocenters. The van der Waals surface area contributed by atoms with Gasteiger partial charge >= 0.3 is 5.91 Å². The van der Waals surface area contributed by atoms with Crippen molar-refractivity contribution < 1.29 is 9.36 Å². The van der Waals surface area contributed by atoms with E-state index in [2.05, 4.69) is 18.7 Å². The maximum absolute atomic E-state index is 11.6. The molecule has 0 aromatic carbocycles. The molecule has 0 saturated carbocycles. The van der Waals surface area contributed by atoms with Crippen LogP contribution in [0.1, 0.15) is 38.4 Å². The molecule has 0 spiro atoms. The first-order valence-corrected chi connectivity index (χ1v) is 6.02. The highest BCUT2D eigenvalue weighted by Gasteiger charge is 2.12. The van der Waals surface area contributed by atoms with Crippen LogP contribution in [-0.4, -0.2) is 19.0 Å². The summed E-state index contributed by atoms with van der Waals surface area (Å²) in [5, 5.41) is 0. The van der Waals surface area contributed by atoms with E-state index in [-0.39, 0.29) is 5.91 Å². The van der Waals surface area contributed by atoms with Crippen LogP contribution in [0.5, 0.6) is 0 Å². The molecule has 1 rings (SSSR count). The van der Waals surface area contributed by atoms with Gasteiger partial charge in [0, 0.05) is 30.9 Å². The van der Waals surface area contributed by atoms with Crippen molar-refractivity contribution in [1.29, 1.82) is 0 Å².